The highest BCUT2D eigenvalue weighted by atomic mass is 16.6. The van der Waals surface area contributed by atoms with E-state index in [1.807, 2.05) is 96.8 Å². The number of benzene rings is 3. The zero-order chi connectivity index (χ0) is 35.5. The van der Waals surface area contributed by atoms with Crippen LogP contribution in [0.1, 0.15) is 79.8 Å². The van der Waals surface area contributed by atoms with Crippen LogP contribution in [-0.4, -0.2) is 65.3 Å². The second-order valence-corrected chi connectivity index (χ2v) is 14.3. The van der Waals surface area contributed by atoms with Crippen molar-refractivity contribution in [1.29, 1.82) is 0 Å². The molecule has 1 atom stereocenters. The fraction of sp³-hybridized carbons (Fsp3) is 0.409. The highest BCUT2D eigenvalue weighted by Gasteiger charge is 2.28. The van der Waals surface area contributed by atoms with Gasteiger partial charge in [-0.3, -0.25) is 9.59 Å². The molecule has 1 unspecified atom stereocenters. The first-order valence-electron chi connectivity index (χ1n) is 18.9. The lowest BCUT2D eigenvalue weighted by Crippen LogP contribution is -2.38. The fourth-order valence-corrected chi connectivity index (χ4v) is 7.61. The molecular weight excluding hydrogens is 635 g/mol. The van der Waals surface area contributed by atoms with Crippen molar-refractivity contribution in [1.82, 2.24) is 15.1 Å². The molecule has 51 heavy (non-hydrogen) atoms. The molecule has 2 heterocycles. The number of hydrogen-bond acceptors (Lipinski definition) is 5. The Morgan fingerprint density at radius 1 is 0.922 bits per heavy atom. The van der Waals surface area contributed by atoms with Gasteiger partial charge in [-0.15, -0.1) is 0 Å². The minimum atomic E-state index is -1.38. The Morgan fingerprint density at radius 2 is 1.63 bits per heavy atom. The highest BCUT2D eigenvalue weighted by molar-refractivity contribution is 5.95. The van der Waals surface area contributed by atoms with E-state index in [-0.39, 0.29) is 18.2 Å². The molecule has 0 saturated carbocycles. The third-order valence-electron chi connectivity index (χ3n) is 10.6. The summed E-state index contributed by atoms with van der Waals surface area (Å²) in [5.74, 6) is 0.170. The fourth-order valence-electron chi connectivity index (χ4n) is 7.61. The first-order valence-corrected chi connectivity index (χ1v) is 18.9. The van der Waals surface area contributed by atoms with Gasteiger partial charge in [-0.05, 0) is 116 Å². The smallest absolute Gasteiger partial charge is 0.253 e. The maximum Gasteiger partial charge on any atom is 0.253 e. The number of hydrogen-bond donors (Lipinski definition) is 2. The largest absolute Gasteiger partial charge is 0.362 e. The van der Waals surface area contributed by atoms with Crippen molar-refractivity contribution in [2.24, 2.45) is 11.8 Å². The van der Waals surface area contributed by atoms with Crippen molar-refractivity contribution in [3.63, 3.8) is 0 Å². The van der Waals surface area contributed by atoms with Gasteiger partial charge in [0.2, 0.25) is 0 Å². The zero-order valence-electron chi connectivity index (χ0n) is 30.0. The van der Waals surface area contributed by atoms with Gasteiger partial charge >= 0.3 is 0 Å². The van der Waals surface area contributed by atoms with Crippen LogP contribution in [0.5, 0.6) is 0 Å². The lowest BCUT2D eigenvalue weighted by atomic mass is 9.87. The van der Waals surface area contributed by atoms with Crippen molar-refractivity contribution >= 4 is 17.9 Å². The number of carbonyl (C=O) groups excluding carboxylic acids is 2. The van der Waals surface area contributed by atoms with E-state index in [9.17, 15) is 14.7 Å². The zero-order valence-corrected chi connectivity index (χ0v) is 30.0. The minimum absolute atomic E-state index is 0.103. The maximum atomic E-state index is 13.7. The van der Waals surface area contributed by atoms with Crippen LogP contribution >= 0.6 is 0 Å². The third kappa shape index (κ3) is 10.2. The van der Waals surface area contributed by atoms with Crippen molar-refractivity contribution < 1.29 is 19.4 Å². The van der Waals surface area contributed by atoms with Gasteiger partial charge in [-0.25, -0.2) is 0 Å². The quantitative estimate of drug-likeness (QED) is 0.141. The number of amides is 2. The van der Waals surface area contributed by atoms with E-state index in [4.69, 9.17) is 4.74 Å². The minimum Gasteiger partial charge on any atom is -0.362 e. The molecule has 2 fully saturated rings. The summed E-state index contributed by atoms with van der Waals surface area (Å²) in [6.45, 7) is 6.54. The predicted molar refractivity (Wildman–Crippen MR) is 204 cm³/mol. The van der Waals surface area contributed by atoms with Gasteiger partial charge in [0.25, 0.3) is 11.8 Å². The molecular formula is C44H53N3O4. The second-order valence-electron chi connectivity index (χ2n) is 14.3. The number of carbonyl (C=O) groups is 2. The number of nitrogens with zero attached hydrogens (tertiary/aromatic N) is 2. The Morgan fingerprint density at radius 3 is 2.33 bits per heavy atom. The van der Waals surface area contributed by atoms with E-state index in [0.29, 0.717) is 24.4 Å². The second kappa shape index (κ2) is 17.8. The molecule has 2 aliphatic heterocycles. The standard InChI is InChI=1S/C44H53N3O4/c1-2-51-44(50)25-19-41(20-26-44)47(42(48)18-17-34-9-4-3-5-10-34)33-37-13-7-14-38(31-37)39-15-8-16-40(32-39)43(49)46-29-23-36(24-30-46)12-6-11-35-21-27-45-28-22-35/h3-5,7-10,13-20,25,31-32,35-36,45,50H,2,6,11-12,21-24,26-30,33H2,1H3. The number of nitrogens with one attached hydrogen (secondary N) is 1. The van der Waals surface area contributed by atoms with Crippen molar-refractivity contribution in [3.05, 3.63) is 126 Å². The number of ether oxygens (including phenoxy) is 1. The van der Waals surface area contributed by atoms with Crippen LogP contribution in [0.2, 0.25) is 0 Å². The maximum absolute atomic E-state index is 13.7. The Kier molecular flexibility index (Phi) is 12.7. The number of aliphatic hydroxyl groups is 1. The molecule has 7 heteroatoms. The van der Waals surface area contributed by atoms with Crippen LogP contribution in [-0.2, 0) is 16.1 Å². The topological polar surface area (TPSA) is 82.1 Å². The summed E-state index contributed by atoms with van der Waals surface area (Å²) in [4.78, 5) is 31.1. The molecule has 3 aromatic rings. The van der Waals surface area contributed by atoms with Gasteiger partial charge in [0.15, 0.2) is 5.79 Å². The van der Waals surface area contributed by atoms with E-state index >= 15 is 0 Å². The number of allylic oxidation sites excluding steroid dienone is 1. The average Bonchev–Trinajstić information content (AvgIpc) is 3.17. The van der Waals surface area contributed by atoms with Crippen molar-refractivity contribution in [3.8, 4) is 11.1 Å². The van der Waals surface area contributed by atoms with E-state index < -0.39 is 5.79 Å². The van der Waals surface area contributed by atoms with Crippen molar-refractivity contribution in [2.45, 2.75) is 70.6 Å². The summed E-state index contributed by atoms with van der Waals surface area (Å²) in [6, 6.07) is 25.8. The van der Waals surface area contributed by atoms with Crippen LogP contribution in [0.3, 0.4) is 0 Å². The molecule has 268 valence electrons. The lowest BCUT2D eigenvalue weighted by molar-refractivity contribution is -0.161. The summed E-state index contributed by atoms with van der Waals surface area (Å²) in [5.41, 5.74) is 5.26. The summed E-state index contributed by atoms with van der Waals surface area (Å²) in [7, 11) is 0. The van der Waals surface area contributed by atoms with Crippen LogP contribution in [0, 0.1) is 11.8 Å². The van der Waals surface area contributed by atoms with Gasteiger partial charge in [0, 0.05) is 43.5 Å². The SMILES string of the molecule is CCOC1(O)C=CC(N(Cc2cccc(-c3cccc(C(=O)N4CCC(CCCC5CCNCC5)CC4)c3)c2)C(=O)C=Cc2ccccc2)=CC1. The van der Waals surface area contributed by atoms with Crippen LogP contribution in [0.15, 0.2) is 109 Å². The lowest BCUT2D eigenvalue weighted by Gasteiger charge is -2.32. The van der Waals surface area contributed by atoms with E-state index in [0.717, 1.165) is 60.0 Å². The molecule has 1 aliphatic carbocycles. The predicted octanol–water partition coefficient (Wildman–Crippen LogP) is 7.99. The van der Waals surface area contributed by atoms with Crippen LogP contribution < -0.4 is 5.32 Å². The summed E-state index contributed by atoms with van der Waals surface area (Å²) in [6.07, 6.45) is 17.6. The summed E-state index contributed by atoms with van der Waals surface area (Å²) < 4.78 is 5.53. The van der Waals surface area contributed by atoms with Gasteiger partial charge < -0.3 is 25.0 Å². The average molecular weight is 688 g/mol. The summed E-state index contributed by atoms with van der Waals surface area (Å²) >= 11 is 0. The molecule has 0 radical (unpaired) electrons. The Balaban J connectivity index is 1.11. The van der Waals surface area contributed by atoms with Gasteiger partial charge in [-0.2, -0.15) is 0 Å². The Hall–Kier alpha value is -4.30. The molecule has 0 aromatic heterocycles. The molecule has 7 nitrogen and oxygen atoms in total. The normalized spacial score (nSPS) is 20.0. The van der Waals surface area contributed by atoms with Gasteiger partial charge in [-0.1, -0.05) is 86.0 Å². The van der Waals surface area contributed by atoms with Crippen molar-refractivity contribution in [2.75, 3.05) is 32.8 Å². The van der Waals surface area contributed by atoms with Crippen LogP contribution in [0.25, 0.3) is 17.2 Å². The molecule has 0 spiro atoms. The first kappa shape index (κ1) is 36.5. The van der Waals surface area contributed by atoms with E-state index in [1.54, 1.807) is 23.1 Å². The highest BCUT2D eigenvalue weighted by Crippen LogP contribution is 2.29. The number of rotatable bonds is 13. The number of likely N-dealkylation sites (tertiary alicyclic amines) is 1. The summed E-state index contributed by atoms with van der Waals surface area (Å²) in [5, 5.41) is 14.2. The Bertz CT molecular complexity index is 1700. The third-order valence-corrected chi connectivity index (χ3v) is 10.6. The van der Waals surface area contributed by atoms with Crippen LogP contribution in [0.4, 0.5) is 0 Å². The molecule has 2 N–H and O–H groups in total. The van der Waals surface area contributed by atoms with E-state index in [2.05, 4.69) is 11.4 Å². The molecule has 6 rings (SSSR count). The molecule has 0 bridgehead atoms. The molecule has 2 saturated heterocycles. The monoisotopic (exact) mass is 687 g/mol. The number of piperidine rings is 2. The first-order chi connectivity index (χ1) is 24.9. The van der Waals surface area contributed by atoms with E-state index in [1.165, 1.54) is 45.2 Å². The molecule has 3 aromatic carbocycles. The van der Waals surface area contributed by atoms with Gasteiger partial charge in [0.1, 0.15) is 0 Å². The molecule has 2 amide bonds. The Labute approximate surface area is 303 Å². The molecule has 3 aliphatic rings. The van der Waals surface area contributed by atoms with Gasteiger partial charge in [0.05, 0.1) is 6.54 Å².